The van der Waals surface area contributed by atoms with Gasteiger partial charge in [0.15, 0.2) is 5.82 Å². The van der Waals surface area contributed by atoms with Crippen molar-refractivity contribution < 1.29 is 17.6 Å². The molecule has 0 radical (unpaired) electrons. The van der Waals surface area contributed by atoms with Crippen LogP contribution >= 0.6 is 0 Å². The number of nitrogens with two attached hydrogens (primary N) is 1. The van der Waals surface area contributed by atoms with Gasteiger partial charge >= 0.3 is 0 Å². The highest BCUT2D eigenvalue weighted by Crippen LogP contribution is 2.23. The largest absolute Gasteiger partial charge is 0.355 e. The fourth-order valence-electron chi connectivity index (χ4n) is 3.99. The van der Waals surface area contributed by atoms with Crippen LogP contribution in [0.25, 0.3) is 11.3 Å². The minimum Gasteiger partial charge on any atom is -0.355 e. The Hall–Kier alpha value is -3.37. The molecular formula is C24H26FN5O3S. The number of carbonyl (C=O) groups is 1. The van der Waals surface area contributed by atoms with Crippen LogP contribution in [-0.4, -0.2) is 44.2 Å². The number of nitrogens with one attached hydrogen (secondary N) is 1. The number of benzene rings is 2. The number of piperidine rings is 1. The van der Waals surface area contributed by atoms with Crippen molar-refractivity contribution in [1.82, 2.24) is 15.5 Å². The maximum Gasteiger partial charge on any atom is 0.238 e. The first-order valence-corrected chi connectivity index (χ1v) is 12.6. The lowest BCUT2D eigenvalue weighted by molar-refractivity contribution is -0.125. The maximum atomic E-state index is 13.1. The Bertz CT molecular complexity index is 1230. The lowest BCUT2D eigenvalue weighted by atomic mass is 9.97. The van der Waals surface area contributed by atoms with E-state index < -0.39 is 10.0 Å². The van der Waals surface area contributed by atoms with Gasteiger partial charge in [-0.3, -0.25) is 4.79 Å². The summed E-state index contributed by atoms with van der Waals surface area (Å²) >= 11 is 0. The Balaban J connectivity index is 1.30. The average Bonchev–Trinajstić information content (AvgIpc) is 2.84. The molecule has 3 N–H and O–H groups in total. The zero-order chi connectivity index (χ0) is 24.1. The number of hydrogen-bond donors (Lipinski definition) is 2. The first-order valence-electron chi connectivity index (χ1n) is 11.0. The third-order valence-electron chi connectivity index (χ3n) is 5.87. The normalized spacial score (nSPS) is 16.3. The van der Waals surface area contributed by atoms with Crippen molar-refractivity contribution in [2.24, 2.45) is 11.1 Å². The van der Waals surface area contributed by atoms with E-state index >= 15 is 0 Å². The maximum absolute atomic E-state index is 13.1. The van der Waals surface area contributed by atoms with Crippen molar-refractivity contribution in [2.45, 2.75) is 24.2 Å². The van der Waals surface area contributed by atoms with Crippen LogP contribution in [0.15, 0.2) is 65.6 Å². The van der Waals surface area contributed by atoms with Crippen molar-refractivity contribution in [3.8, 4) is 11.3 Å². The van der Waals surface area contributed by atoms with E-state index in [1.807, 2.05) is 12.1 Å². The number of carbonyl (C=O) groups excluding carboxylic acids is 1. The molecule has 10 heteroatoms. The van der Waals surface area contributed by atoms with Crippen LogP contribution in [-0.2, 0) is 21.2 Å². The topological polar surface area (TPSA) is 118 Å². The molecular weight excluding hydrogens is 457 g/mol. The Morgan fingerprint density at radius 1 is 1.06 bits per heavy atom. The van der Waals surface area contributed by atoms with Gasteiger partial charge in [-0.05, 0) is 73.4 Å². The molecule has 0 saturated carbocycles. The second-order valence-electron chi connectivity index (χ2n) is 8.30. The van der Waals surface area contributed by atoms with Gasteiger partial charge in [0.05, 0.1) is 16.5 Å². The number of hydrogen-bond acceptors (Lipinski definition) is 6. The molecule has 1 aliphatic rings. The zero-order valence-electron chi connectivity index (χ0n) is 18.5. The number of rotatable bonds is 7. The standard InChI is InChI=1S/C24H26FN5O3S/c25-20-7-5-18(6-8-20)22-11-12-23(29-28-22)30-15-1-2-19(16-30)24(31)27-14-13-17-3-9-21(10-4-17)34(26,32)33/h3-12,19H,1-2,13-16H2,(H,27,31)(H2,26,32,33). The van der Waals surface area contributed by atoms with Gasteiger partial charge in [-0.25, -0.2) is 17.9 Å². The van der Waals surface area contributed by atoms with E-state index in [9.17, 15) is 17.6 Å². The molecule has 1 amide bonds. The number of sulfonamides is 1. The Labute approximate surface area is 198 Å². The zero-order valence-corrected chi connectivity index (χ0v) is 19.3. The highest BCUT2D eigenvalue weighted by atomic mass is 32.2. The molecule has 8 nitrogen and oxygen atoms in total. The minimum atomic E-state index is -3.71. The number of halogens is 1. The molecule has 4 rings (SSSR count). The van der Waals surface area contributed by atoms with Gasteiger partial charge < -0.3 is 10.2 Å². The molecule has 0 aliphatic carbocycles. The van der Waals surface area contributed by atoms with E-state index in [-0.39, 0.29) is 22.5 Å². The number of anilines is 1. The molecule has 1 atom stereocenters. The van der Waals surface area contributed by atoms with E-state index in [4.69, 9.17) is 5.14 Å². The lowest BCUT2D eigenvalue weighted by Crippen LogP contribution is -2.43. The van der Waals surface area contributed by atoms with Crippen LogP contribution in [0.3, 0.4) is 0 Å². The predicted molar refractivity (Wildman–Crippen MR) is 127 cm³/mol. The van der Waals surface area contributed by atoms with Crippen molar-refractivity contribution in [3.63, 3.8) is 0 Å². The minimum absolute atomic E-state index is 0.0123. The number of nitrogens with zero attached hydrogens (tertiary/aromatic N) is 3. The summed E-state index contributed by atoms with van der Waals surface area (Å²) in [4.78, 5) is 14.8. The van der Waals surface area contributed by atoms with Gasteiger partial charge in [0.25, 0.3) is 0 Å². The second kappa shape index (κ2) is 10.3. The molecule has 178 valence electrons. The van der Waals surface area contributed by atoms with E-state index in [0.717, 1.165) is 30.5 Å². The van der Waals surface area contributed by atoms with Crippen LogP contribution in [0.2, 0.25) is 0 Å². The number of aromatic nitrogens is 2. The van der Waals surface area contributed by atoms with Crippen molar-refractivity contribution in [2.75, 3.05) is 24.5 Å². The first kappa shape index (κ1) is 23.8. The SMILES string of the molecule is NS(=O)(=O)c1ccc(CCNC(=O)C2CCCN(c3ccc(-c4ccc(F)cc4)nn3)C2)cc1. The molecule has 1 aliphatic heterocycles. The summed E-state index contributed by atoms with van der Waals surface area (Å²) in [5.74, 6) is 0.239. The van der Waals surface area contributed by atoms with Crippen LogP contribution in [0.4, 0.5) is 10.2 Å². The summed E-state index contributed by atoms with van der Waals surface area (Å²) in [5.41, 5.74) is 2.36. The molecule has 0 bridgehead atoms. The van der Waals surface area contributed by atoms with Crippen LogP contribution < -0.4 is 15.4 Å². The third kappa shape index (κ3) is 5.95. The van der Waals surface area contributed by atoms with E-state index in [1.54, 1.807) is 24.3 Å². The molecule has 3 aromatic rings. The van der Waals surface area contributed by atoms with E-state index in [0.29, 0.717) is 31.0 Å². The van der Waals surface area contributed by atoms with Gasteiger partial charge in [-0.1, -0.05) is 12.1 Å². The summed E-state index contributed by atoms with van der Waals surface area (Å²) in [6.45, 7) is 1.81. The van der Waals surface area contributed by atoms with Gasteiger partial charge in [-0.2, -0.15) is 0 Å². The number of primary sulfonamides is 1. The van der Waals surface area contributed by atoms with Crippen LogP contribution in [0.5, 0.6) is 0 Å². The molecule has 2 aromatic carbocycles. The van der Waals surface area contributed by atoms with E-state index in [1.165, 1.54) is 24.3 Å². The Morgan fingerprint density at radius 2 is 1.79 bits per heavy atom. The van der Waals surface area contributed by atoms with Crippen LogP contribution in [0.1, 0.15) is 18.4 Å². The Morgan fingerprint density at radius 3 is 2.44 bits per heavy atom. The summed E-state index contributed by atoms with van der Waals surface area (Å²) in [6.07, 6.45) is 2.25. The molecule has 1 fully saturated rings. The highest BCUT2D eigenvalue weighted by molar-refractivity contribution is 7.89. The number of amides is 1. The summed E-state index contributed by atoms with van der Waals surface area (Å²) < 4.78 is 35.8. The third-order valence-corrected chi connectivity index (χ3v) is 6.80. The highest BCUT2D eigenvalue weighted by Gasteiger charge is 2.26. The van der Waals surface area contributed by atoms with Crippen molar-refractivity contribution in [1.29, 1.82) is 0 Å². The van der Waals surface area contributed by atoms with Gasteiger partial charge in [0.2, 0.25) is 15.9 Å². The summed E-state index contributed by atoms with van der Waals surface area (Å²) in [5, 5.41) is 16.7. The predicted octanol–water partition coefficient (Wildman–Crippen LogP) is 2.51. The quantitative estimate of drug-likeness (QED) is 0.533. The van der Waals surface area contributed by atoms with Gasteiger partial charge in [0, 0.05) is 25.2 Å². The second-order valence-corrected chi connectivity index (χ2v) is 9.86. The van der Waals surface area contributed by atoms with E-state index in [2.05, 4.69) is 20.4 Å². The smallest absolute Gasteiger partial charge is 0.238 e. The molecule has 0 spiro atoms. The Kier molecular flexibility index (Phi) is 7.18. The average molecular weight is 484 g/mol. The summed E-state index contributed by atoms with van der Waals surface area (Å²) in [6, 6.07) is 16.1. The molecule has 1 unspecified atom stereocenters. The summed E-state index contributed by atoms with van der Waals surface area (Å²) in [7, 11) is -3.71. The molecule has 34 heavy (non-hydrogen) atoms. The monoisotopic (exact) mass is 483 g/mol. The first-order chi connectivity index (χ1) is 16.3. The van der Waals surface area contributed by atoms with Crippen molar-refractivity contribution in [3.05, 3.63) is 72.0 Å². The lowest BCUT2D eigenvalue weighted by Gasteiger charge is -2.32. The molecule has 2 heterocycles. The fraction of sp³-hybridized carbons (Fsp3) is 0.292. The van der Waals surface area contributed by atoms with Gasteiger partial charge in [0.1, 0.15) is 5.82 Å². The molecule has 1 saturated heterocycles. The molecule has 1 aromatic heterocycles. The van der Waals surface area contributed by atoms with Crippen molar-refractivity contribution >= 4 is 21.7 Å². The fourth-order valence-corrected chi connectivity index (χ4v) is 4.50. The van der Waals surface area contributed by atoms with Crippen LogP contribution in [0, 0.1) is 11.7 Å². The van der Waals surface area contributed by atoms with Gasteiger partial charge in [-0.15, -0.1) is 10.2 Å².